The van der Waals surface area contributed by atoms with Crippen LogP contribution in [0.5, 0.6) is 0 Å². The van der Waals surface area contributed by atoms with E-state index in [0.717, 1.165) is 0 Å². The van der Waals surface area contributed by atoms with Crippen molar-refractivity contribution >= 4 is 54.2 Å². The topological polar surface area (TPSA) is 79.4 Å². The molecule has 0 radical (unpaired) electrons. The fraction of sp³-hybridized carbons (Fsp3) is 0.100. The highest BCUT2D eigenvalue weighted by Gasteiger charge is 2.23. The Morgan fingerprint density at radius 3 is 2.52 bits per heavy atom. The third-order valence-corrected chi connectivity index (χ3v) is 7.09. The number of carbonyl (C=O) groups excluding carboxylic acids is 1. The van der Waals surface area contributed by atoms with E-state index < -0.39 is 10.0 Å². The van der Waals surface area contributed by atoms with Crippen LogP contribution in [-0.4, -0.2) is 36.7 Å². The lowest BCUT2D eigenvalue weighted by Gasteiger charge is -2.18. The summed E-state index contributed by atoms with van der Waals surface area (Å²) in [5.41, 5.74) is 0.920. The number of halogens is 1. The molecule has 0 aliphatic rings. The molecule has 3 rings (SSSR count). The first-order valence-electron chi connectivity index (χ1n) is 8.55. The lowest BCUT2D eigenvalue weighted by molar-refractivity contribution is 0.102. The van der Waals surface area contributed by atoms with Crippen LogP contribution in [0.1, 0.15) is 10.4 Å². The van der Waals surface area contributed by atoms with Crippen molar-refractivity contribution < 1.29 is 13.2 Å². The molecule has 1 aromatic heterocycles. The minimum Gasteiger partial charge on any atom is -0.298 e. The van der Waals surface area contributed by atoms with Crippen molar-refractivity contribution in [3.05, 3.63) is 78.4 Å². The average molecular weight is 448 g/mol. The molecule has 6 nitrogen and oxygen atoms in total. The molecule has 0 saturated carbocycles. The van der Waals surface area contributed by atoms with E-state index in [-0.39, 0.29) is 23.9 Å². The summed E-state index contributed by atoms with van der Waals surface area (Å²) in [6.07, 6.45) is 3.04. The number of aromatic nitrogens is 1. The fourth-order valence-electron chi connectivity index (χ4n) is 2.64. The Morgan fingerprint density at radius 1 is 1.17 bits per heavy atom. The summed E-state index contributed by atoms with van der Waals surface area (Å²) in [6.45, 7) is 7.56. The van der Waals surface area contributed by atoms with Crippen molar-refractivity contribution in [1.82, 2.24) is 9.29 Å². The number of anilines is 1. The van der Waals surface area contributed by atoms with Crippen LogP contribution in [0.3, 0.4) is 0 Å². The van der Waals surface area contributed by atoms with E-state index in [2.05, 4.69) is 23.5 Å². The maximum absolute atomic E-state index is 12.9. The molecule has 1 heterocycles. The summed E-state index contributed by atoms with van der Waals surface area (Å²) >= 11 is 7.24. The van der Waals surface area contributed by atoms with Crippen molar-refractivity contribution in [1.29, 1.82) is 0 Å². The second kappa shape index (κ2) is 8.87. The third kappa shape index (κ3) is 4.56. The molecule has 1 amide bonds. The van der Waals surface area contributed by atoms with E-state index in [9.17, 15) is 13.2 Å². The number of fused-ring (bicyclic) bond motifs is 1. The Bertz CT molecular complexity index is 1180. The number of nitrogens with zero attached hydrogens (tertiary/aromatic N) is 2. The molecule has 0 spiro atoms. The Morgan fingerprint density at radius 2 is 1.86 bits per heavy atom. The lowest BCUT2D eigenvalue weighted by atomic mass is 10.2. The molecular formula is C20H18ClN3O3S2. The number of benzene rings is 2. The molecule has 3 aromatic rings. The number of carbonyl (C=O) groups is 1. The van der Waals surface area contributed by atoms with E-state index in [0.29, 0.717) is 25.9 Å². The van der Waals surface area contributed by atoms with Gasteiger partial charge in [-0.05, 0) is 30.3 Å². The van der Waals surface area contributed by atoms with Crippen LogP contribution >= 0.6 is 22.9 Å². The van der Waals surface area contributed by atoms with Crippen LogP contribution < -0.4 is 5.32 Å². The van der Waals surface area contributed by atoms with E-state index in [1.165, 1.54) is 33.9 Å². The largest absolute Gasteiger partial charge is 0.298 e. The highest BCUT2D eigenvalue weighted by Crippen LogP contribution is 2.30. The van der Waals surface area contributed by atoms with Gasteiger partial charge in [-0.3, -0.25) is 10.1 Å². The number of hydrogen-bond acceptors (Lipinski definition) is 5. The molecule has 150 valence electrons. The molecular weight excluding hydrogens is 430 g/mol. The zero-order valence-electron chi connectivity index (χ0n) is 15.3. The molecule has 29 heavy (non-hydrogen) atoms. The highest BCUT2D eigenvalue weighted by molar-refractivity contribution is 7.89. The van der Waals surface area contributed by atoms with Gasteiger partial charge in [0.05, 0.1) is 25.7 Å². The first-order chi connectivity index (χ1) is 13.9. The van der Waals surface area contributed by atoms with E-state index >= 15 is 0 Å². The molecule has 0 fully saturated rings. The SMILES string of the molecule is C=CCN(CC=C)S(=O)(=O)c1ccc2nc(NC(=O)c3ccccc3Cl)sc2c1. The summed E-state index contributed by atoms with van der Waals surface area (Å²) in [4.78, 5) is 16.9. The average Bonchev–Trinajstić information content (AvgIpc) is 3.09. The fourth-order valence-corrected chi connectivity index (χ4v) is 5.24. The summed E-state index contributed by atoms with van der Waals surface area (Å²) in [7, 11) is -3.71. The standard InChI is InChI=1S/C20H18ClN3O3S2/c1-3-11-24(12-4-2)29(26,27)14-9-10-17-18(13-14)28-20(22-17)23-19(25)15-7-5-6-8-16(15)21/h3-10,13H,1-2,11-12H2,(H,22,23,25). The Kier molecular flexibility index (Phi) is 6.49. The molecule has 0 aliphatic carbocycles. The molecule has 0 unspecified atom stereocenters. The van der Waals surface area contributed by atoms with Gasteiger partial charge in [0.15, 0.2) is 5.13 Å². The van der Waals surface area contributed by atoms with Gasteiger partial charge in [-0.15, -0.1) is 13.2 Å². The summed E-state index contributed by atoms with van der Waals surface area (Å²) in [5.74, 6) is -0.384. The first-order valence-corrected chi connectivity index (χ1v) is 11.2. The minimum atomic E-state index is -3.71. The first kappa shape index (κ1) is 21.2. The van der Waals surface area contributed by atoms with Gasteiger partial charge in [0, 0.05) is 13.1 Å². The van der Waals surface area contributed by atoms with E-state index in [1.807, 2.05) is 0 Å². The van der Waals surface area contributed by atoms with Crippen LogP contribution in [-0.2, 0) is 10.0 Å². The van der Waals surface area contributed by atoms with Gasteiger partial charge >= 0.3 is 0 Å². The van der Waals surface area contributed by atoms with Gasteiger partial charge in [-0.1, -0.05) is 47.2 Å². The number of hydrogen-bond donors (Lipinski definition) is 1. The van der Waals surface area contributed by atoms with Gasteiger partial charge in [0.2, 0.25) is 10.0 Å². The van der Waals surface area contributed by atoms with Crippen molar-refractivity contribution in [3.63, 3.8) is 0 Å². The molecule has 9 heteroatoms. The molecule has 1 N–H and O–H groups in total. The number of thiazole rings is 1. The number of rotatable bonds is 8. The van der Waals surface area contributed by atoms with Gasteiger partial charge in [0.1, 0.15) is 0 Å². The number of sulfonamides is 1. The van der Waals surface area contributed by atoms with Crippen LogP contribution in [0.15, 0.2) is 72.7 Å². The quantitative estimate of drug-likeness (QED) is 0.513. The second-order valence-corrected chi connectivity index (χ2v) is 9.36. The van der Waals surface area contributed by atoms with Crippen molar-refractivity contribution in [2.75, 3.05) is 18.4 Å². The van der Waals surface area contributed by atoms with Gasteiger partial charge in [-0.25, -0.2) is 13.4 Å². The van der Waals surface area contributed by atoms with Crippen LogP contribution in [0.25, 0.3) is 10.2 Å². The Hall–Kier alpha value is -2.52. The van der Waals surface area contributed by atoms with Gasteiger partial charge in [0.25, 0.3) is 5.91 Å². The lowest BCUT2D eigenvalue weighted by Crippen LogP contribution is -2.31. The molecule has 0 saturated heterocycles. The smallest absolute Gasteiger partial charge is 0.258 e. The zero-order valence-corrected chi connectivity index (χ0v) is 17.7. The van der Waals surface area contributed by atoms with Crippen molar-refractivity contribution in [3.8, 4) is 0 Å². The summed E-state index contributed by atoms with van der Waals surface area (Å²) < 4.78 is 27.7. The van der Waals surface area contributed by atoms with E-state index in [1.54, 1.807) is 36.4 Å². The maximum Gasteiger partial charge on any atom is 0.258 e. The normalized spacial score (nSPS) is 11.5. The molecule has 2 aromatic carbocycles. The number of nitrogens with one attached hydrogen (secondary N) is 1. The maximum atomic E-state index is 12.9. The Balaban J connectivity index is 1.90. The second-order valence-electron chi connectivity index (χ2n) is 5.98. The van der Waals surface area contributed by atoms with Crippen LogP contribution in [0.4, 0.5) is 5.13 Å². The molecule has 0 bridgehead atoms. The van der Waals surface area contributed by atoms with Crippen molar-refractivity contribution in [2.45, 2.75) is 4.90 Å². The van der Waals surface area contributed by atoms with Crippen LogP contribution in [0.2, 0.25) is 5.02 Å². The summed E-state index contributed by atoms with van der Waals surface area (Å²) in [5, 5.41) is 3.40. The monoisotopic (exact) mass is 447 g/mol. The molecule has 0 aliphatic heterocycles. The predicted molar refractivity (Wildman–Crippen MR) is 118 cm³/mol. The van der Waals surface area contributed by atoms with Gasteiger partial charge < -0.3 is 0 Å². The van der Waals surface area contributed by atoms with E-state index in [4.69, 9.17) is 11.6 Å². The highest BCUT2D eigenvalue weighted by atomic mass is 35.5. The third-order valence-electron chi connectivity index (χ3n) is 4.00. The van der Waals surface area contributed by atoms with Crippen LogP contribution in [0, 0.1) is 0 Å². The predicted octanol–water partition coefficient (Wildman–Crippen LogP) is 4.56. The van der Waals surface area contributed by atoms with Crippen molar-refractivity contribution in [2.24, 2.45) is 0 Å². The zero-order chi connectivity index (χ0) is 21.0. The molecule has 0 atom stereocenters. The summed E-state index contributed by atoms with van der Waals surface area (Å²) in [6, 6.07) is 11.4. The van der Waals surface area contributed by atoms with Gasteiger partial charge in [-0.2, -0.15) is 4.31 Å². The minimum absolute atomic E-state index is 0.140. The Labute approximate surface area is 178 Å². The number of amides is 1.